The molecule has 0 saturated carbocycles. The van der Waals surface area contributed by atoms with Crippen molar-refractivity contribution in [3.05, 3.63) is 41.5 Å². The molecule has 0 fully saturated rings. The summed E-state index contributed by atoms with van der Waals surface area (Å²) >= 11 is 0. The average Bonchev–Trinajstić information content (AvgIpc) is 2.66. The van der Waals surface area contributed by atoms with Crippen molar-refractivity contribution in [2.45, 2.75) is 13.0 Å². The van der Waals surface area contributed by atoms with Crippen molar-refractivity contribution < 1.29 is 19.1 Å². The first-order valence-corrected chi connectivity index (χ1v) is 7.91. The molecule has 0 saturated heterocycles. The van der Waals surface area contributed by atoms with Crippen LogP contribution in [0.4, 0.5) is 10.1 Å². The lowest BCUT2D eigenvalue weighted by Crippen LogP contribution is -2.35. The fraction of sp³-hybridized carbons (Fsp3) is 0.222. The lowest BCUT2D eigenvalue weighted by atomic mass is 10.1. The Kier molecular flexibility index (Phi) is 6.05. The van der Waals surface area contributed by atoms with Crippen molar-refractivity contribution in [3.8, 4) is 23.2 Å². The smallest absolute Gasteiger partial charge is 0.269 e. The molecule has 2 amide bonds. The highest BCUT2D eigenvalue weighted by Gasteiger charge is 2.16. The van der Waals surface area contributed by atoms with Gasteiger partial charge in [0.2, 0.25) is 0 Å². The number of halogens is 1. The summed E-state index contributed by atoms with van der Waals surface area (Å²) in [6, 6.07) is 3.84. The Bertz CT molecular complexity index is 952. The first-order chi connectivity index (χ1) is 12.7. The number of hydrogen-bond donors (Lipinski definition) is 3. The van der Waals surface area contributed by atoms with E-state index in [1.807, 2.05) is 0 Å². The van der Waals surface area contributed by atoms with E-state index in [-0.39, 0.29) is 22.8 Å². The minimum Gasteiger partial charge on any atom is -0.396 e. The topological polar surface area (TPSA) is 135 Å². The Labute approximate surface area is 155 Å². The molecule has 0 spiro atoms. The SMILES string of the molecule is CCN(C)C(=O)C(O)C#Cc1ccc(F)c(-c2ncc(N)c(C(N)=O)n2)c1. The molecule has 1 aromatic carbocycles. The van der Waals surface area contributed by atoms with Gasteiger partial charge in [-0.15, -0.1) is 0 Å². The normalized spacial score (nSPS) is 11.3. The fourth-order valence-electron chi connectivity index (χ4n) is 2.07. The third-order valence-electron chi connectivity index (χ3n) is 3.70. The van der Waals surface area contributed by atoms with Crippen LogP contribution in [-0.2, 0) is 4.79 Å². The maximum absolute atomic E-state index is 14.2. The number of aliphatic hydroxyl groups excluding tert-OH is 1. The molecule has 0 aliphatic rings. The number of rotatable bonds is 4. The zero-order valence-electron chi connectivity index (χ0n) is 14.7. The predicted octanol–water partition coefficient (Wildman–Crippen LogP) is 0.155. The van der Waals surface area contributed by atoms with E-state index in [0.717, 1.165) is 12.3 Å². The molecule has 1 heterocycles. The number of primary amides is 1. The molecule has 5 N–H and O–H groups in total. The third-order valence-corrected chi connectivity index (χ3v) is 3.70. The van der Waals surface area contributed by atoms with Crippen LogP contribution in [-0.4, -0.2) is 51.5 Å². The number of benzene rings is 1. The second-order valence-corrected chi connectivity index (χ2v) is 5.58. The summed E-state index contributed by atoms with van der Waals surface area (Å²) in [7, 11) is 1.54. The first-order valence-electron chi connectivity index (χ1n) is 7.91. The minimum atomic E-state index is -1.50. The van der Waals surface area contributed by atoms with Gasteiger partial charge in [0.25, 0.3) is 11.8 Å². The Hall–Kier alpha value is -3.51. The van der Waals surface area contributed by atoms with Gasteiger partial charge >= 0.3 is 0 Å². The molecule has 9 heteroatoms. The van der Waals surface area contributed by atoms with Crippen LogP contribution in [0.2, 0.25) is 0 Å². The summed E-state index contributed by atoms with van der Waals surface area (Å²) in [4.78, 5) is 32.3. The Balaban J connectivity index is 2.38. The number of amides is 2. The van der Waals surface area contributed by atoms with Crippen LogP contribution in [0.25, 0.3) is 11.4 Å². The number of carbonyl (C=O) groups excluding carboxylic acids is 2. The van der Waals surface area contributed by atoms with Gasteiger partial charge in [-0.3, -0.25) is 9.59 Å². The summed E-state index contributed by atoms with van der Waals surface area (Å²) in [5.74, 6) is 2.86. The van der Waals surface area contributed by atoms with Gasteiger partial charge in [-0.05, 0) is 25.1 Å². The van der Waals surface area contributed by atoms with E-state index in [4.69, 9.17) is 11.5 Å². The zero-order valence-corrected chi connectivity index (χ0v) is 14.7. The van der Waals surface area contributed by atoms with E-state index in [9.17, 15) is 19.1 Å². The molecule has 1 aromatic heterocycles. The van der Waals surface area contributed by atoms with E-state index in [1.165, 1.54) is 24.1 Å². The summed E-state index contributed by atoms with van der Waals surface area (Å²) in [5.41, 5.74) is 10.8. The van der Waals surface area contributed by atoms with E-state index < -0.39 is 23.7 Å². The molecule has 1 unspecified atom stereocenters. The van der Waals surface area contributed by atoms with Crippen molar-refractivity contribution in [1.82, 2.24) is 14.9 Å². The highest BCUT2D eigenvalue weighted by Crippen LogP contribution is 2.22. The van der Waals surface area contributed by atoms with Crippen LogP contribution in [0, 0.1) is 17.7 Å². The van der Waals surface area contributed by atoms with E-state index >= 15 is 0 Å². The summed E-state index contributed by atoms with van der Waals surface area (Å²) in [6.45, 7) is 2.19. The quantitative estimate of drug-likeness (QED) is 0.655. The summed E-state index contributed by atoms with van der Waals surface area (Å²) < 4.78 is 14.2. The van der Waals surface area contributed by atoms with Crippen molar-refractivity contribution >= 4 is 17.5 Å². The minimum absolute atomic E-state index is 0.0238. The molecular weight excluding hydrogens is 353 g/mol. The molecule has 1 atom stereocenters. The number of nitrogens with two attached hydrogens (primary N) is 2. The molecule has 0 bridgehead atoms. The van der Waals surface area contributed by atoms with Crippen molar-refractivity contribution in [1.29, 1.82) is 0 Å². The summed E-state index contributed by atoms with van der Waals surface area (Å²) in [5, 5.41) is 9.82. The van der Waals surface area contributed by atoms with Crippen LogP contribution in [0.3, 0.4) is 0 Å². The van der Waals surface area contributed by atoms with Crippen LogP contribution < -0.4 is 11.5 Å². The highest BCUT2D eigenvalue weighted by molar-refractivity contribution is 5.96. The molecule has 0 aliphatic carbocycles. The zero-order chi connectivity index (χ0) is 20.1. The van der Waals surface area contributed by atoms with E-state index in [2.05, 4.69) is 21.8 Å². The van der Waals surface area contributed by atoms with Gasteiger partial charge < -0.3 is 21.5 Å². The lowest BCUT2D eigenvalue weighted by molar-refractivity contribution is -0.135. The Morgan fingerprint density at radius 2 is 2.11 bits per heavy atom. The molecule has 2 rings (SSSR count). The largest absolute Gasteiger partial charge is 0.396 e. The molecule has 27 heavy (non-hydrogen) atoms. The summed E-state index contributed by atoms with van der Waals surface area (Å²) in [6.07, 6.45) is -0.346. The number of likely N-dealkylation sites (N-methyl/N-ethyl adjacent to an activating group) is 1. The monoisotopic (exact) mass is 371 g/mol. The van der Waals surface area contributed by atoms with Gasteiger partial charge in [-0.25, -0.2) is 14.4 Å². The fourth-order valence-corrected chi connectivity index (χ4v) is 2.07. The van der Waals surface area contributed by atoms with Gasteiger partial charge in [0, 0.05) is 19.2 Å². The standard InChI is InChI=1S/C18H18FN5O3/c1-3-24(2)18(27)14(25)7-5-10-4-6-12(19)11(8-10)17-22-9-13(20)15(23-17)16(21)26/h4,6,8-9,14,25H,3,20H2,1-2H3,(H2,21,26). The molecule has 2 aromatic rings. The van der Waals surface area contributed by atoms with Crippen LogP contribution in [0.15, 0.2) is 24.4 Å². The Morgan fingerprint density at radius 3 is 2.74 bits per heavy atom. The number of carbonyl (C=O) groups is 2. The lowest BCUT2D eigenvalue weighted by Gasteiger charge is -2.15. The van der Waals surface area contributed by atoms with Crippen molar-refractivity contribution in [2.24, 2.45) is 5.73 Å². The Morgan fingerprint density at radius 1 is 1.41 bits per heavy atom. The van der Waals surface area contributed by atoms with Crippen molar-refractivity contribution in [3.63, 3.8) is 0 Å². The molecule has 8 nitrogen and oxygen atoms in total. The molecule has 140 valence electrons. The maximum Gasteiger partial charge on any atom is 0.269 e. The number of aliphatic hydroxyl groups is 1. The number of nitrogen functional groups attached to an aromatic ring is 1. The molecule has 0 aliphatic heterocycles. The average molecular weight is 371 g/mol. The highest BCUT2D eigenvalue weighted by atomic mass is 19.1. The third kappa shape index (κ3) is 4.56. The predicted molar refractivity (Wildman–Crippen MR) is 96.6 cm³/mol. The number of nitrogens with zero attached hydrogens (tertiary/aromatic N) is 3. The molecular formula is C18H18FN5O3. The number of hydrogen-bond acceptors (Lipinski definition) is 6. The maximum atomic E-state index is 14.2. The van der Waals surface area contributed by atoms with E-state index in [1.54, 1.807) is 6.92 Å². The van der Waals surface area contributed by atoms with Crippen LogP contribution in [0.5, 0.6) is 0 Å². The van der Waals surface area contributed by atoms with Gasteiger partial charge in [0.1, 0.15) is 5.82 Å². The first kappa shape index (κ1) is 19.8. The van der Waals surface area contributed by atoms with Gasteiger partial charge in [-0.2, -0.15) is 0 Å². The van der Waals surface area contributed by atoms with Crippen LogP contribution in [0.1, 0.15) is 23.0 Å². The second-order valence-electron chi connectivity index (χ2n) is 5.58. The van der Waals surface area contributed by atoms with Gasteiger partial charge in [0.15, 0.2) is 17.6 Å². The van der Waals surface area contributed by atoms with Gasteiger partial charge in [0.05, 0.1) is 17.4 Å². The number of anilines is 1. The number of aromatic nitrogens is 2. The van der Waals surface area contributed by atoms with Gasteiger partial charge in [-0.1, -0.05) is 11.8 Å². The van der Waals surface area contributed by atoms with Crippen molar-refractivity contribution in [2.75, 3.05) is 19.3 Å². The molecule has 0 radical (unpaired) electrons. The van der Waals surface area contributed by atoms with Crippen LogP contribution >= 0.6 is 0 Å². The second kappa shape index (κ2) is 8.25. The van der Waals surface area contributed by atoms with E-state index in [0.29, 0.717) is 12.1 Å².